The highest BCUT2D eigenvalue weighted by Gasteiger charge is 2.34. The quantitative estimate of drug-likeness (QED) is 0.477. The van der Waals surface area contributed by atoms with Crippen LogP contribution in [0.2, 0.25) is 0 Å². The molecule has 0 heterocycles. The normalized spacial score (nSPS) is 13.7. The lowest BCUT2D eigenvalue weighted by molar-refractivity contribution is -0.159. The molecule has 0 saturated carbocycles. The Morgan fingerprint density at radius 1 is 0.912 bits per heavy atom. The van der Waals surface area contributed by atoms with Crippen molar-refractivity contribution in [1.82, 2.24) is 10.6 Å². The average molecular weight is 471 g/mol. The van der Waals surface area contributed by atoms with Crippen molar-refractivity contribution in [2.45, 2.75) is 51.0 Å². The SMILES string of the molecule is COC(=O)[C@@H](CC(=O)OC(C)(C)C)NC(=O)[C@H](O)[C@@H](NC(=O)c1ccccc1)c1ccccc1. The molecule has 0 fully saturated rings. The fourth-order valence-corrected chi connectivity index (χ4v) is 3.11. The minimum Gasteiger partial charge on any atom is -0.467 e. The van der Waals surface area contributed by atoms with E-state index >= 15 is 0 Å². The van der Waals surface area contributed by atoms with Gasteiger partial charge in [-0.25, -0.2) is 4.79 Å². The van der Waals surface area contributed by atoms with Crippen LogP contribution in [0, 0.1) is 0 Å². The Balaban J connectivity index is 2.22. The Morgan fingerprint density at radius 3 is 2.00 bits per heavy atom. The van der Waals surface area contributed by atoms with E-state index < -0.39 is 54.0 Å². The minimum absolute atomic E-state index is 0.341. The van der Waals surface area contributed by atoms with Crippen LogP contribution < -0.4 is 10.6 Å². The summed E-state index contributed by atoms with van der Waals surface area (Å²) in [4.78, 5) is 50.0. The van der Waals surface area contributed by atoms with E-state index in [9.17, 15) is 24.3 Å². The number of methoxy groups -OCH3 is 1. The zero-order valence-corrected chi connectivity index (χ0v) is 19.6. The van der Waals surface area contributed by atoms with Crippen molar-refractivity contribution in [3.63, 3.8) is 0 Å². The lowest BCUT2D eigenvalue weighted by Gasteiger charge is -2.26. The summed E-state index contributed by atoms with van der Waals surface area (Å²) in [5.41, 5.74) is 0.0195. The number of hydrogen-bond acceptors (Lipinski definition) is 7. The molecule has 2 amide bonds. The molecule has 0 aliphatic heterocycles. The summed E-state index contributed by atoms with van der Waals surface area (Å²) < 4.78 is 9.88. The van der Waals surface area contributed by atoms with E-state index in [1.165, 1.54) is 0 Å². The fourth-order valence-electron chi connectivity index (χ4n) is 3.11. The second-order valence-corrected chi connectivity index (χ2v) is 8.55. The highest BCUT2D eigenvalue weighted by atomic mass is 16.6. The number of aliphatic hydroxyl groups is 1. The molecule has 0 spiro atoms. The Hall–Kier alpha value is -3.72. The van der Waals surface area contributed by atoms with Crippen LogP contribution in [0.4, 0.5) is 0 Å². The first kappa shape index (κ1) is 26.5. The summed E-state index contributed by atoms with van der Waals surface area (Å²) >= 11 is 0. The van der Waals surface area contributed by atoms with Gasteiger partial charge in [-0.3, -0.25) is 14.4 Å². The third kappa shape index (κ3) is 8.00. The predicted octanol–water partition coefficient (Wildman–Crippen LogP) is 1.91. The van der Waals surface area contributed by atoms with Crippen molar-refractivity contribution >= 4 is 23.8 Å². The van der Waals surface area contributed by atoms with Gasteiger partial charge in [-0.15, -0.1) is 0 Å². The number of carbonyl (C=O) groups is 4. The molecule has 2 aromatic carbocycles. The molecule has 2 aromatic rings. The van der Waals surface area contributed by atoms with Gasteiger partial charge in [0.05, 0.1) is 19.6 Å². The molecular weight excluding hydrogens is 440 g/mol. The van der Waals surface area contributed by atoms with E-state index in [2.05, 4.69) is 15.4 Å². The Labute approximate surface area is 198 Å². The van der Waals surface area contributed by atoms with Crippen LogP contribution in [0.1, 0.15) is 49.2 Å². The van der Waals surface area contributed by atoms with Gasteiger partial charge >= 0.3 is 11.9 Å². The third-order valence-corrected chi connectivity index (χ3v) is 4.66. The first-order valence-electron chi connectivity index (χ1n) is 10.7. The van der Waals surface area contributed by atoms with Crippen molar-refractivity contribution in [3.8, 4) is 0 Å². The van der Waals surface area contributed by atoms with Gasteiger partial charge in [-0.2, -0.15) is 0 Å². The van der Waals surface area contributed by atoms with Gasteiger partial charge in [0, 0.05) is 5.56 Å². The van der Waals surface area contributed by atoms with Gasteiger partial charge in [-0.05, 0) is 38.5 Å². The minimum atomic E-state index is -1.78. The maximum atomic E-state index is 12.9. The van der Waals surface area contributed by atoms with Gasteiger partial charge < -0.3 is 25.2 Å². The van der Waals surface area contributed by atoms with Crippen LogP contribution in [-0.4, -0.2) is 53.7 Å². The van der Waals surface area contributed by atoms with Gasteiger partial charge in [0.15, 0.2) is 6.10 Å². The van der Waals surface area contributed by atoms with Gasteiger partial charge in [0.25, 0.3) is 11.8 Å². The highest BCUT2D eigenvalue weighted by Crippen LogP contribution is 2.19. The van der Waals surface area contributed by atoms with Crippen LogP contribution in [0.15, 0.2) is 60.7 Å². The van der Waals surface area contributed by atoms with Crippen LogP contribution in [0.25, 0.3) is 0 Å². The third-order valence-electron chi connectivity index (χ3n) is 4.66. The number of esters is 2. The summed E-state index contributed by atoms with van der Waals surface area (Å²) in [7, 11) is 1.11. The molecule has 34 heavy (non-hydrogen) atoms. The van der Waals surface area contributed by atoms with Crippen molar-refractivity contribution in [2.24, 2.45) is 0 Å². The molecule has 0 unspecified atom stereocenters. The highest BCUT2D eigenvalue weighted by molar-refractivity contribution is 5.95. The number of amides is 2. The molecule has 0 aliphatic rings. The maximum absolute atomic E-state index is 12.9. The van der Waals surface area contributed by atoms with Crippen molar-refractivity contribution in [2.75, 3.05) is 7.11 Å². The van der Waals surface area contributed by atoms with Crippen LogP contribution >= 0.6 is 0 Å². The predicted molar refractivity (Wildman–Crippen MR) is 124 cm³/mol. The molecule has 0 radical (unpaired) electrons. The van der Waals surface area contributed by atoms with E-state index in [-0.39, 0.29) is 0 Å². The number of benzene rings is 2. The van der Waals surface area contributed by atoms with E-state index in [1.807, 2.05) is 0 Å². The van der Waals surface area contributed by atoms with Crippen molar-refractivity contribution < 1.29 is 33.8 Å². The van der Waals surface area contributed by atoms with E-state index in [0.717, 1.165) is 7.11 Å². The maximum Gasteiger partial charge on any atom is 0.328 e. The van der Waals surface area contributed by atoms with Crippen molar-refractivity contribution in [1.29, 1.82) is 0 Å². The van der Waals surface area contributed by atoms with Crippen molar-refractivity contribution in [3.05, 3.63) is 71.8 Å². The second kappa shape index (κ2) is 11.9. The molecule has 3 N–H and O–H groups in total. The lowest BCUT2D eigenvalue weighted by atomic mass is 9.99. The summed E-state index contributed by atoms with van der Waals surface area (Å²) in [6, 6.07) is 14.2. The first-order chi connectivity index (χ1) is 16.0. The van der Waals surface area contributed by atoms with Crippen LogP contribution in [-0.2, 0) is 23.9 Å². The summed E-state index contributed by atoms with van der Waals surface area (Å²) in [6.45, 7) is 5.00. The van der Waals surface area contributed by atoms with Gasteiger partial charge in [-0.1, -0.05) is 48.5 Å². The Bertz CT molecular complexity index is 987. The lowest BCUT2D eigenvalue weighted by Crippen LogP contribution is -2.51. The van der Waals surface area contributed by atoms with Crippen LogP contribution in [0.3, 0.4) is 0 Å². The number of carbonyl (C=O) groups excluding carboxylic acids is 4. The van der Waals surface area contributed by atoms with E-state index in [4.69, 9.17) is 4.74 Å². The molecule has 2 rings (SSSR count). The van der Waals surface area contributed by atoms with E-state index in [0.29, 0.717) is 11.1 Å². The monoisotopic (exact) mass is 470 g/mol. The van der Waals surface area contributed by atoms with Gasteiger partial charge in [0.2, 0.25) is 0 Å². The molecule has 182 valence electrons. The molecule has 9 nitrogen and oxygen atoms in total. The van der Waals surface area contributed by atoms with E-state index in [1.54, 1.807) is 81.4 Å². The topological polar surface area (TPSA) is 131 Å². The number of ether oxygens (including phenoxy) is 2. The fraction of sp³-hybridized carbons (Fsp3) is 0.360. The Morgan fingerprint density at radius 2 is 1.47 bits per heavy atom. The molecule has 9 heteroatoms. The smallest absolute Gasteiger partial charge is 0.328 e. The molecule has 0 saturated heterocycles. The zero-order chi connectivity index (χ0) is 25.3. The average Bonchev–Trinajstić information content (AvgIpc) is 2.80. The summed E-state index contributed by atoms with van der Waals surface area (Å²) in [6.07, 6.45) is -2.27. The second-order valence-electron chi connectivity index (χ2n) is 8.55. The zero-order valence-electron chi connectivity index (χ0n) is 19.6. The standard InChI is InChI=1S/C25H30N2O7/c1-25(2,3)34-19(28)15-18(24(32)33-4)26-23(31)21(29)20(16-11-7-5-8-12-16)27-22(30)17-13-9-6-10-14-17/h5-14,18,20-21,29H,15H2,1-4H3,(H,26,31)(H,27,30)/t18-,20+,21-/m1/s1. The summed E-state index contributed by atoms with van der Waals surface area (Å²) in [5, 5.41) is 15.8. The molecule has 3 atom stereocenters. The summed E-state index contributed by atoms with van der Waals surface area (Å²) in [5.74, 6) is -3.08. The number of rotatable bonds is 9. The first-order valence-corrected chi connectivity index (χ1v) is 10.7. The molecule has 0 bridgehead atoms. The largest absolute Gasteiger partial charge is 0.467 e. The number of aliphatic hydroxyl groups excluding tert-OH is 1. The van der Waals surface area contributed by atoms with Crippen LogP contribution in [0.5, 0.6) is 0 Å². The van der Waals surface area contributed by atoms with Gasteiger partial charge in [0.1, 0.15) is 11.6 Å². The molecular formula is C25H30N2O7. The number of nitrogens with one attached hydrogen (secondary N) is 2. The number of hydrogen-bond donors (Lipinski definition) is 3. The molecule has 0 aromatic heterocycles. The Kier molecular flexibility index (Phi) is 9.32. The molecule has 0 aliphatic carbocycles.